The molecule has 2 unspecified atom stereocenters. The van der Waals surface area contributed by atoms with Crippen molar-refractivity contribution in [1.82, 2.24) is 5.32 Å². The van der Waals surface area contributed by atoms with Crippen molar-refractivity contribution < 1.29 is 14.0 Å². The average Bonchev–Trinajstić information content (AvgIpc) is 2.94. The number of thioether (sulfide) groups is 1. The van der Waals surface area contributed by atoms with Gasteiger partial charge in [-0.15, -0.1) is 11.8 Å². The molecule has 6 heteroatoms. The van der Waals surface area contributed by atoms with Gasteiger partial charge in [-0.1, -0.05) is 26.0 Å². The molecule has 0 spiro atoms. The zero-order chi connectivity index (χ0) is 19.2. The third kappa shape index (κ3) is 3.76. The van der Waals surface area contributed by atoms with Crippen molar-refractivity contribution in [2.24, 2.45) is 5.41 Å². The molecule has 142 valence electrons. The number of carbonyl (C=O) groups is 2. The maximum Gasteiger partial charge on any atom is 0.238 e. The number of furan rings is 1. The second-order valence-electron chi connectivity index (χ2n) is 8.20. The van der Waals surface area contributed by atoms with Crippen molar-refractivity contribution >= 4 is 29.3 Å². The van der Waals surface area contributed by atoms with E-state index in [2.05, 4.69) is 24.5 Å². The van der Waals surface area contributed by atoms with Gasteiger partial charge in [0.15, 0.2) is 0 Å². The summed E-state index contributed by atoms with van der Waals surface area (Å²) in [6, 6.07) is 9.62. The number of fused-ring (bicyclic) bond motifs is 2. The van der Waals surface area contributed by atoms with Crippen molar-refractivity contribution in [1.29, 1.82) is 0 Å². The smallest absolute Gasteiger partial charge is 0.238 e. The molecule has 0 fully saturated rings. The number of hydrogen-bond donors (Lipinski definition) is 2. The van der Waals surface area contributed by atoms with Crippen molar-refractivity contribution in [3.05, 3.63) is 47.4 Å². The Morgan fingerprint density at radius 1 is 1.37 bits per heavy atom. The summed E-state index contributed by atoms with van der Waals surface area (Å²) in [5, 5.41) is 5.63. The molecular weight excluding hydrogens is 360 g/mol. The first kappa shape index (κ1) is 18.2. The van der Waals surface area contributed by atoms with E-state index in [9.17, 15) is 9.59 Å². The van der Waals surface area contributed by atoms with E-state index < -0.39 is 5.25 Å². The molecule has 2 atom stereocenters. The lowest BCUT2D eigenvalue weighted by atomic mass is 9.74. The van der Waals surface area contributed by atoms with Gasteiger partial charge in [0.25, 0.3) is 0 Å². The standard InChI is InChI=1S/C21H24N2O3S/c1-12-8-13-15(10-21(2,3)11-16(13)26-12)22-19(24)9-18-20(25)23-14-6-4-5-7-17(14)27-18/h4-8,15,18H,9-11H2,1-3H3,(H,22,24)(H,23,25). The first-order valence-electron chi connectivity index (χ1n) is 9.26. The molecule has 4 rings (SSSR count). The van der Waals surface area contributed by atoms with Crippen LogP contribution in [0.25, 0.3) is 0 Å². The minimum absolute atomic E-state index is 0.0607. The number of aryl methyl sites for hydroxylation is 1. The Morgan fingerprint density at radius 2 is 2.15 bits per heavy atom. The van der Waals surface area contributed by atoms with Crippen LogP contribution in [0.3, 0.4) is 0 Å². The van der Waals surface area contributed by atoms with Gasteiger partial charge < -0.3 is 15.1 Å². The molecular formula is C21H24N2O3S. The number of carbonyl (C=O) groups excluding carboxylic acids is 2. The summed E-state index contributed by atoms with van der Waals surface area (Å²) in [6.07, 6.45) is 1.89. The van der Waals surface area contributed by atoms with Crippen molar-refractivity contribution in [2.75, 3.05) is 5.32 Å². The summed E-state index contributed by atoms with van der Waals surface area (Å²) < 4.78 is 5.84. The Morgan fingerprint density at radius 3 is 2.96 bits per heavy atom. The van der Waals surface area contributed by atoms with Crippen LogP contribution < -0.4 is 10.6 Å². The minimum atomic E-state index is -0.415. The predicted molar refractivity (Wildman–Crippen MR) is 106 cm³/mol. The molecule has 2 N–H and O–H groups in total. The fourth-order valence-electron chi connectivity index (χ4n) is 3.96. The zero-order valence-corrected chi connectivity index (χ0v) is 16.6. The van der Waals surface area contributed by atoms with E-state index in [0.29, 0.717) is 0 Å². The average molecular weight is 385 g/mol. The van der Waals surface area contributed by atoms with Crippen LogP contribution in [0.1, 0.15) is 49.8 Å². The zero-order valence-electron chi connectivity index (χ0n) is 15.8. The van der Waals surface area contributed by atoms with Gasteiger partial charge in [0.1, 0.15) is 11.5 Å². The summed E-state index contributed by atoms with van der Waals surface area (Å²) in [5.41, 5.74) is 1.95. The van der Waals surface area contributed by atoms with Gasteiger partial charge in [-0.2, -0.15) is 0 Å². The van der Waals surface area contributed by atoms with Crippen LogP contribution in [-0.4, -0.2) is 17.1 Å². The molecule has 2 heterocycles. The lowest BCUT2D eigenvalue weighted by Crippen LogP contribution is -2.39. The number of hydrogen-bond acceptors (Lipinski definition) is 4. The Kier molecular flexibility index (Phi) is 4.54. The highest BCUT2D eigenvalue weighted by Gasteiger charge is 2.36. The summed E-state index contributed by atoms with van der Waals surface area (Å²) in [7, 11) is 0. The Labute approximate surface area is 163 Å². The number of anilines is 1. The molecule has 0 saturated carbocycles. The van der Waals surface area contributed by atoms with Crippen LogP contribution in [0.4, 0.5) is 5.69 Å². The molecule has 2 amide bonds. The number of para-hydroxylation sites is 1. The van der Waals surface area contributed by atoms with Crippen molar-refractivity contribution in [2.45, 2.75) is 56.2 Å². The molecule has 0 saturated heterocycles. The monoisotopic (exact) mass is 384 g/mol. The van der Waals surface area contributed by atoms with E-state index in [4.69, 9.17) is 4.42 Å². The fourth-order valence-corrected chi connectivity index (χ4v) is 5.07. The van der Waals surface area contributed by atoms with Crippen LogP contribution in [0.5, 0.6) is 0 Å². The van der Waals surface area contributed by atoms with Crippen LogP contribution >= 0.6 is 11.8 Å². The molecule has 27 heavy (non-hydrogen) atoms. The Hall–Kier alpha value is -2.21. The van der Waals surface area contributed by atoms with Crippen LogP contribution in [0.2, 0.25) is 0 Å². The van der Waals surface area contributed by atoms with E-state index in [-0.39, 0.29) is 29.7 Å². The summed E-state index contributed by atoms with van der Waals surface area (Å²) >= 11 is 1.45. The number of benzene rings is 1. The molecule has 2 aromatic rings. The van der Waals surface area contributed by atoms with Gasteiger partial charge in [0.2, 0.25) is 11.8 Å². The predicted octanol–water partition coefficient (Wildman–Crippen LogP) is 4.22. The van der Waals surface area contributed by atoms with Crippen molar-refractivity contribution in [3.63, 3.8) is 0 Å². The topological polar surface area (TPSA) is 71.3 Å². The highest BCUT2D eigenvalue weighted by Crippen LogP contribution is 2.42. The molecule has 0 bridgehead atoms. The molecule has 1 aromatic heterocycles. The Bertz CT molecular complexity index is 903. The second-order valence-corrected chi connectivity index (χ2v) is 9.44. The molecule has 1 aliphatic carbocycles. The first-order valence-corrected chi connectivity index (χ1v) is 10.1. The summed E-state index contributed by atoms with van der Waals surface area (Å²) in [5.74, 6) is 1.62. The minimum Gasteiger partial charge on any atom is -0.466 e. The van der Waals surface area contributed by atoms with E-state index in [1.54, 1.807) is 0 Å². The van der Waals surface area contributed by atoms with E-state index in [1.165, 1.54) is 11.8 Å². The van der Waals surface area contributed by atoms with Crippen LogP contribution in [0.15, 0.2) is 39.6 Å². The first-order chi connectivity index (χ1) is 12.8. The van der Waals surface area contributed by atoms with E-state index in [1.807, 2.05) is 37.3 Å². The van der Waals surface area contributed by atoms with Gasteiger partial charge in [-0.25, -0.2) is 0 Å². The SMILES string of the molecule is Cc1cc2c(o1)CC(C)(C)CC2NC(=O)CC1Sc2ccccc2NC1=O. The third-order valence-corrected chi connectivity index (χ3v) is 6.42. The third-order valence-electron chi connectivity index (χ3n) is 5.15. The summed E-state index contributed by atoms with van der Waals surface area (Å²) in [6.45, 7) is 6.31. The van der Waals surface area contributed by atoms with Crippen molar-refractivity contribution in [3.8, 4) is 0 Å². The Balaban J connectivity index is 1.46. The summed E-state index contributed by atoms with van der Waals surface area (Å²) in [4.78, 5) is 26.1. The van der Waals surface area contributed by atoms with Gasteiger partial charge >= 0.3 is 0 Å². The van der Waals surface area contributed by atoms with Gasteiger partial charge in [-0.05, 0) is 37.0 Å². The highest BCUT2D eigenvalue weighted by molar-refractivity contribution is 8.01. The molecule has 1 aromatic carbocycles. The number of amides is 2. The second kappa shape index (κ2) is 6.75. The van der Waals surface area contributed by atoms with E-state index >= 15 is 0 Å². The normalized spacial score (nSPS) is 23.1. The molecule has 5 nitrogen and oxygen atoms in total. The van der Waals surface area contributed by atoms with E-state index in [0.717, 1.165) is 40.5 Å². The van der Waals surface area contributed by atoms with Crippen LogP contribution in [-0.2, 0) is 16.0 Å². The lowest BCUT2D eigenvalue weighted by molar-refractivity contribution is -0.124. The maximum absolute atomic E-state index is 12.7. The largest absolute Gasteiger partial charge is 0.466 e. The van der Waals surface area contributed by atoms with Gasteiger partial charge in [0, 0.05) is 23.3 Å². The molecule has 1 aliphatic heterocycles. The van der Waals surface area contributed by atoms with Gasteiger partial charge in [0.05, 0.1) is 17.0 Å². The fraction of sp³-hybridized carbons (Fsp3) is 0.429. The molecule has 0 radical (unpaired) electrons. The highest BCUT2D eigenvalue weighted by atomic mass is 32.2. The lowest BCUT2D eigenvalue weighted by Gasteiger charge is -2.35. The quantitative estimate of drug-likeness (QED) is 0.831. The van der Waals surface area contributed by atoms with Gasteiger partial charge in [-0.3, -0.25) is 9.59 Å². The number of rotatable bonds is 3. The maximum atomic E-state index is 12.7. The van der Waals surface area contributed by atoms with Crippen LogP contribution in [0, 0.1) is 12.3 Å². The molecule has 2 aliphatic rings. The number of nitrogens with one attached hydrogen (secondary N) is 2.